The predicted octanol–water partition coefficient (Wildman–Crippen LogP) is 2.75. The summed E-state index contributed by atoms with van der Waals surface area (Å²) >= 11 is 7.52. The fraction of sp³-hybridized carbons (Fsp3) is 0.353. The molecule has 0 radical (unpaired) electrons. The highest BCUT2D eigenvalue weighted by molar-refractivity contribution is 7.21. The van der Waals surface area contributed by atoms with Gasteiger partial charge in [0.25, 0.3) is 5.91 Å². The standard InChI is InChI=1S/C17H17ClN2O4S/c18-14-10-5-1-2-7-12(10)25-15(14)16(22)19-9-13(21)20-8-4-3-6-11(20)17(23)24/h1-2,5,7,11H,3-4,6,8-9H2,(H,19,22)(H,23,24). The van der Waals surface area contributed by atoms with Gasteiger partial charge in [-0.05, 0) is 25.3 Å². The molecule has 132 valence electrons. The lowest BCUT2D eigenvalue weighted by Crippen LogP contribution is -2.51. The number of thiophene rings is 1. The third-order valence-electron chi connectivity index (χ3n) is 4.25. The van der Waals surface area contributed by atoms with E-state index in [4.69, 9.17) is 11.6 Å². The molecule has 2 aromatic rings. The topological polar surface area (TPSA) is 86.7 Å². The van der Waals surface area contributed by atoms with Crippen molar-refractivity contribution in [1.29, 1.82) is 0 Å². The lowest BCUT2D eigenvalue weighted by atomic mass is 10.0. The maximum absolute atomic E-state index is 12.4. The lowest BCUT2D eigenvalue weighted by Gasteiger charge is -2.32. The Kier molecular flexibility index (Phi) is 5.24. The zero-order valence-corrected chi connectivity index (χ0v) is 14.9. The molecule has 1 aromatic heterocycles. The van der Waals surface area contributed by atoms with Crippen molar-refractivity contribution >= 4 is 50.8 Å². The van der Waals surface area contributed by atoms with E-state index in [-0.39, 0.29) is 6.54 Å². The Balaban J connectivity index is 1.67. The van der Waals surface area contributed by atoms with Crippen molar-refractivity contribution in [2.45, 2.75) is 25.3 Å². The fourth-order valence-corrected chi connectivity index (χ4v) is 4.42. The number of carbonyl (C=O) groups excluding carboxylic acids is 2. The normalized spacial score (nSPS) is 17.5. The fourth-order valence-electron chi connectivity index (χ4n) is 2.98. The summed E-state index contributed by atoms with van der Waals surface area (Å²) in [6.45, 7) is 0.155. The third-order valence-corrected chi connectivity index (χ3v) is 5.92. The van der Waals surface area contributed by atoms with E-state index >= 15 is 0 Å². The quantitative estimate of drug-likeness (QED) is 0.853. The minimum absolute atomic E-state index is 0.243. The molecule has 1 saturated heterocycles. The van der Waals surface area contributed by atoms with Crippen LogP contribution in [0, 0.1) is 0 Å². The zero-order valence-electron chi connectivity index (χ0n) is 13.3. The number of nitrogens with one attached hydrogen (secondary N) is 1. The highest BCUT2D eigenvalue weighted by Crippen LogP contribution is 2.34. The molecule has 1 aromatic carbocycles. The van der Waals surface area contributed by atoms with Gasteiger partial charge in [-0.2, -0.15) is 0 Å². The van der Waals surface area contributed by atoms with Gasteiger partial charge in [0.1, 0.15) is 10.9 Å². The summed E-state index contributed by atoms with van der Waals surface area (Å²) in [5, 5.41) is 13.0. The number of nitrogens with zero attached hydrogens (tertiary/aromatic N) is 1. The van der Waals surface area contributed by atoms with Crippen LogP contribution in [0.25, 0.3) is 10.1 Å². The third kappa shape index (κ3) is 3.62. The number of carboxylic acid groups (broad SMARTS) is 1. The number of carbonyl (C=O) groups is 3. The Hall–Kier alpha value is -2.12. The second-order valence-corrected chi connectivity index (χ2v) is 7.29. The molecular formula is C17H17ClN2O4S. The van der Waals surface area contributed by atoms with Crippen LogP contribution in [0.3, 0.4) is 0 Å². The second-order valence-electron chi connectivity index (χ2n) is 5.86. The maximum Gasteiger partial charge on any atom is 0.326 e. The smallest absolute Gasteiger partial charge is 0.326 e. The van der Waals surface area contributed by atoms with Crippen LogP contribution in [0.2, 0.25) is 5.02 Å². The van der Waals surface area contributed by atoms with Gasteiger partial charge in [-0.15, -0.1) is 11.3 Å². The number of piperidine rings is 1. The monoisotopic (exact) mass is 380 g/mol. The molecule has 0 aliphatic carbocycles. The number of rotatable bonds is 4. The second kappa shape index (κ2) is 7.41. The van der Waals surface area contributed by atoms with Crippen LogP contribution in [-0.4, -0.2) is 46.9 Å². The first-order valence-corrected chi connectivity index (χ1v) is 9.16. The van der Waals surface area contributed by atoms with Crippen LogP contribution in [0.1, 0.15) is 28.9 Å². The Morgan fingerprint density at radius 3 is 2.76 bits per heavy atom. The molecule has 25 heavy (non-hydrogen) atoms. The molecule has 8 heteroatoms. The van der Waals surface area contributed by atoms with Crippen molar-refractivity contribution in [1.82, 2.24) is 10.2 Å². The van der Waals surface area contributed by atoms with Crippen LogP contribution in [0.5, 0.6) is 0 Å². The number of carboxylic acids is 1. The number of hydrogen-bond acceptors (Lipinski definition) is 4. The minimum atomic E-state index is -1.01. The lowest BCUT2D eigenvalue weighted by molar-refractivity contribution is -0.151. The molecule has 1 atom stereocenters. The first-order valence-electron chi connectivity index (χ1n) is 7.96. The van der Waals surface area contributed by atoms with Gasteiger partial charge in [0.05, 0.1) is 11.6 Å². The van der Waals surface area contributed by atoms with E-state index in [0.29, 0.717) is 22.9 Å². The molecule has 1 aliphatic heterocycles. The van der Waals surface area contributed by atoms with Gasteiger partial charge in [-0.3, -0.25) is 9.59 Å². The summed E-state index contributed by atoms with van der Waals surface area (Å²) in [7, 11) is 0. The molecule has 2 amide bonds. The van der Waals surface area contributed by atoms with Crippen LogP contribution in [-0.2, 0) is 9.59 Å². The number of amides is 2. The van der Waals surface area contributed by atoms with E-state index in [1.54, 1.807) is 0 Å². The van der Waals surface area contributed by atoms with Crippen LogP contribution < -0.4 is 5.32 Å². The van der Waals surface area contributed by atoms with Gasteiger partial charge >= 0.3 is 5.97 Å². The van der Waals surface area contributed by atoms with Crippen LogP contribution in [0.15, 0.2) is 24.3 Å². The highest BCUT2D eigenvalue weighted by Gasteiger charge is 2.32. The summed E-state index contributed by atoms with van der Waals surface area (Å²) < 4.78 is 0.894. The van der Waals surface area contributed by atoms with E-state index in [1.807, 2.05) is 24.3 Å². The van der Waals surface area contributed by atoms with Gasteiger partial charge in [0.2, 0.25) is 5.91 Å². The van der Waals surface area contributed by atoms with Gasteiger partial charge in [0.15, 0.2) is 0 Å². The minimum Gasteiger partial charge on any atom is -0.480 e. The van der Waals surface area contributed by atoms with Gasteiger partial charge in [0, 0.05) is 16.6 Å². The van der Waals surface area contributed by atoms with Crippen LogP contribution in [0.4, 0.5) is 0 Å². The average Bonchev–Trinajstić information content (AvgIpc) is 2.96. The summed E-state index contributed by atoms with van der Waals surface area (Å²) in [5.41, 5.74) is 0. The number of fused-ring (bicyclic) bond motifs is 1. The number of benzene rings is 1. The first kappa shape index (κ1) is 17.7. The predicted molar refractivity (Wildman–Crippen MR) is 96.2 cm³/mol. The van der Waals surface area contributed by atoms with Crippen LogP contribution >= 0.6 is 22.9 Å². The molecular weight excluding hydrogens is 364 g/mol. The Bertz CT molecular complexity index is 835. The summed E-state index contributed by atoms with van der Waals surface area (Å²) in [6.07, 6.45) is 1.99. The summed E-state index contributed by atoms with van der Waals surface area (Å²) in [6, 6.07) is 6.60. The Morgan fingerprint density at radius 1 is 1.28 bits per heavy atom. The van der Waals surface area contributed by atoms with Crippen molar-refractivity contribution in [3.8, 4) is 0 Å². The molecule has 1 unspecified atom stereocenters. The van der Waals surface area contributed by atoms with Gasteiger partial charge in [-0.1, -0.05) is 29.8 Å². The van der Waals surface area contributed by atoms with Crippen molar-refractivity contribution < 1.29 is 19.5 Å². The molecule has 1 aliphatic rings. The number of aliphatic carboxylic acids is 1. The van der Waals surface area contributed by atoms with Gasteiger partial charge in [-0.25, -0.2) is 4.79 Å². The molecule has 2 N–H and O–H groups in total. The SMILES string of the molecule is O=C(NCC(=O)N1CCCCC1C(=O)O)c1sc2ccccc2c1Cl. The van der Waals surface area contributed by atoms with Gasteiger partial charge < -0.3 is 15.3 Å². The number of likely N-dealkylation sites (tertiary alicyclic amines) is 1. The molecule has 0 bridgehead atoms. The number of hydrogen-bond donors (Lipinski definition) is 2. The van der Waals surface area contributed by atoms with E-state index in [2.05, 4.69) is 5.32 Å². The zero-order chi connectivity index (χ0) is 18.0. The van der Waals surface area contributed by atoms with E-state index in [0.717, 1.165) is 22.9 Å². The summed E-state index contributed by atoms with van der Waals surface area (Å²) in [5.74, 6) is -1.83. The largest absolute Gasteiger partial charge is 0.480 e. The number of halogens is 1. The molecule has 0 saturated carbocycles. The molecule has 3 rings (SSSR count). The molecule has 6 nitrogen and oxygen atoms in total. The highest BCUT2D eigenvalue weighted by atomic mass is 35.5. The van der Waals surface area contributed by atoms with E-state index < -0.39 is 23.8 Å². The van der Waals surface area contributed by atoms with E-state index in [9.17, 15) is 19.5 Å². The average molecular weight is 381 g/mol. The van der Waals surface area contributed by atoms with Crippen molar-refractivity contribution in [2.75, 3.05) is 13.1 Å². The Morgan fingerprint density at radius 2 is 2.04 bits per heavy atom. The van der Waals surface area contributed by atoms with Crippen molar-refractivity contribution in [3.05, 3.63) is 34.2 Å². The summed E-state index contributed by atoms with van der Waals surface area (Å²) in [4.78, 5) is 37.6. The van der Waals surface area contributed by atoms with Crippen molar-refractivity contribution in [3.63, 3.8) is 0 Å². The molecule has 2 heterocycles. The Labute approximate surface area is 153 Å². The van der Waals surface area contributed by atoms with Crippen molar-refractivity contribution in [2.24, 2.45) is 0 Å². The molecule has 0 spiro atoms. The maximum atomic E-state index is 12.4. The van der Waals surface area contributed by atoms with E-state index in [1.165, 1.54) is 16.2 Å². The molecule has 1 fully saturated rings. The first-order chi connectivity index (χ1) is 12.0.